The molecule has 1 fully saturated rings. The highest BCUT2D eigenvalue weighted by Crippen LogP contribution is 2.23. The molecule has 0 bridgehead atoms. The van der Waals surface area contributed by atoms with Crippen molar-refractivity contribution in [3.05, 3.63) is 34.9 Å². The molecule has 1 aromatic heterocycles. The topological polar surface area (TPSA) is 58.1 Å². The van der Waals surface area contributed by atoms with Gasteiger partial charge in [0.15, 0.2) is 0 Å². The Morgan fingerprint density at radius 1 is 1.27 bits per heavy atom. The summed E-state index contributed by atoms with van der Waals surface area (Å²) in [6, 6.07) is 2.63. The number of nitrogens with one attached hydrogen (secondary N) is 1. The molecule has 144 valence electrons. The van der Waals surface area contributed by atoms with Gasteiger partial charge in [0.25, 0.3) is 5.91 Å². The van der Waals surface area contributed by atoms with Crippen LogP contribution in [0, 0.1) is 25.6 Å². The normalized spacial score (nSPS) is 16.8. The highest BCUT2D eigenvalue weighted by molar-refractivity contribution is 6.04. The van der Waals surface area contributed by atoms with E-state index in [4.69, 9.17) is 0 Å². The number of hydrogen-bond acceptors (Lipinski definition) is 4. The number of aryl methyl sites for hydroxylation is 2. The molecule has 2 aromatic rings. The van der Waals surface area contributed by atoms with Crippen LogP contribution in [0.4, 0.5) is 4.39 Å². The summed E-state index contributed by atoms with van der Waals surface area (Å²) in [5.41, 5.74) is 2.74. The van der Waals surface area contributed by atoms with Gasteiger partial charge in [0.1, 0.15) is 11.3 Å². The monoisotopic (exact) mass is 402 g/mol. The number of rotatable bonds is 3. The minimum Gasteiger partial charge on any atom is -0.338 e. The maximum absolute atomic E-state index is 14.0. The molecule has 1 atom stereocenters. The maximum atomic E-state index is 14.0. The van der Waals surface area contributed by atoms with Crippen LogP contribution in [0.2, 0.25) is 0 Å². The Morgan fingerprint density at radius 2 is 1.96 bits per heavy atom. The average molecular weight is 403 g/mol. The van der Waals surface area contributed by atoms with Crippen LogP contribution in [0.5, 0.6) is 0 Å². The van der Waals surface area contributed by atoms with Crippen molar-refractivity contribution in [1.29, 1.82) is 0 Å². The van der Waals surface area contributed by atoms with Gasteiger partial charge in [-0.05, 0) is 52.3 Å². The van der Waals surface area contributed by atoms with E-state index in [2.05, 4.69) is 15.3 Å². The van der Waals surface area contributed by atoms with Gasteiger partial charge in [0, 0.05) is 19.2 Å². The predicted octanol–water partition coefficient (Wildman–Crippen LogP) is 3.30. The average Bonchev–Trinajstić information content (AvgIpc) is 2.56. The number of nitrogens with zero attached hydrogens (tertiary/aromatic N) is 3. The molecule has 1 aliphatic rings. The van der Waals surface area contributed by atoms with Crippen molar-refractivity contribution in [1.82, 2.24) is 20.2 Å². The minimum atomic E-state index is -0.452. The zero-order valence-electron chi connectivity index (χ0n) is 15.2. The van der Waals surface area contributed by atoms with Gasteiger partial charge < -0.3 is 10.2 Å². The molecule has 1 aromatic carbocycles. The van der Waals surface area contributed by atoms with E-state index in [9.17, 15) is 9.18 Å². The van der Waals surface area contributed by atoms with Crippen molar-refractivity contribution >= 4 is 41.8 Å². The third kappa shape index (κ3) is 4.61. The molecule has 0 spiro atoms. The molecule has 2 heterocycles. The second kappa shape index (κ2) is 9.44. The van der Waals surface area contributed by atoms with Gasteiger partial charge in [0.05, 0.1) is 22.5 Å². The number of likely N-dealkylation sites (tertiary alicyclic amines) is 1. The molecular weight excluding hydrogens is 378 g/mol. The molecule has 1 saturated heterocycles. The summed E-state index contributed by atoms with van der Waals surface area (Å²) in [4.78, 5) is 23.7. The van der Waals surface area contributed by atoms with Crippen LogP contribution in [0.3, 0.4) is 0 Å². The van der Waals surface area contributed by atoms with Gasteiger partial charge in [-0.3, -0.25) is 4.79 Å². The zero-order chi connectivity index (χ0) is 17.3. The van der Waals surface area contributed by atoms with E-state index in [-0.39, 0.29) is 30.7 Å². The molecule has 1 N–H and O–H groups in total. The lowest BCUT2D eigenvalue weighted by atomic mass is 9.97. The van der Waals surface area contributed by atoms with E-state index in [0.717, 1.165) is 30.8 Å². The van der Waals surface area contributed by atoms with Crippen molar-refractivity contribution < 1.29 is 9.18 Å². The molecule has 0 aliphatic carbocycles. The van der Waals surface area contributed by atoms with Crippen LogP contribution in [0.15, 0.2) is 12.1 Å². The van der Waals surface area contributed by atoms with E-state index in [1.165, 1.54) is 12.1 Å². The number of halogens is 3. The number of amides is 1. The molecular formula is C18H25Cl2FN4O. The van der Waals surface area contributed by atoms with Crippen molar-refractivity contribution in [2.75, 3.05) is 26.7 Å². The molecule has 1 aliphatic heterocycles. The van der Waals surface area contributed by atoms with E-state index < -0.39 is 5.82 Å². The minimum absolute atomic E-state index is 0. The lowest BCUT2D eigenvalue weighted by Crippen LogP contribution is -2.42. The predicted molar refractivity (Wildman–Crippen MR) is 106 cm³/mol. The summed E-state index contributed by atoms with van der Waals surface area (Å²) in [5, 5.41) is 3.17. The van der Waals surface area contributed by atoms with Crippen LogP contribution in [-0.2, 0) is 0 Å². The number of carbonyl (C=O) groups excluding carboxylic acids is 1. The standard InChI is InChI=1S/C18H23FN4O.2ClH/c1-11-12(2)22-17-15(7-14(19)8-16(17)21-11)18(24)23-6-4-5-13(10-23)9-20-3;;/h7-8,13,20H,4-6,9-10H2,1-3H3;2*1H. The van der Waals surface area contributed by atoms with Gasteiger partial charge >= 0.3 is 0 Å². The Labute approximate surface area is 165 Å². The van der Waals surface area contributed by atoms with Crippen LogP contribution < -0.4 is 5.32 Å². The van der Waals surface area contributed by atoms with Gasteiger partial charge in [0.2, 0.25) is 0 Å². The van der Waals surface area contributed by atoms with Crippen molar-refractivity contribution in [3.8, 4) is 0 Å². The SMILES string of the molecule is CNCC1CCCN(C(=O)c2cc(F)cc3nc(C)c(C)nc23)C1.Cl.Cl. The Kier molecular flexibility index (Phi) is 8.18. The number of hydrogen-bond donors (Lipinski definition) is 1. The van der Waals surface area contributed by atoms with Crippen molar-refractivity contribution in [2.24, 2.45) is 5.92 Å². The second-order valence-electron chi connectivity index (χ2n) is 6.53. The summed E-state index contributed by atoms with van der Waals surface area (Å²) < 4.78 is 14.0. The fourth-order valence-electron chi connectivity index (χ4n) is 3.34. The van der Waals surface area contributed by atoms with Crippen LogP contribution in [0.25, 0.3) is 11.0 Å². The zero-order valence-corrected chi connectivity index (χ0v) is 16.8. The first-order chi connectivity index (χ1) is 11.5. The van der Waals surface area contributed by atoms with Gasteiger partial charge in [-0.15, -0.1) is 24.8 Å². The number of aromatic nitrogens is 2. The van der Waals surface area contributed by atoms with Crippen LogP contribution in [0.1, 0.15) is 34.6 Å². The van der Waals surface area contributed by atoms with Crippen molar-refractivity contribution in [3.63, 3.8) is 0 Å². The number of piperidine rings is 1. The molecule has 0 radical (unpaired) electrons. The first kappa shape index (κ1) is 22.5. The first-order valence-electron chi connectivity index (χ1n) is 8.38. The van der Waals surface area contributed by atoms with Crippen molar-refractivity contribution in [2.45, 2.75) is 26.7 Å². The third-order valence-corrected chi connectivity index (χ3v) is 4.68. The molecule has 0 saturated carbocycles. The highest BCUT2D eigenvalue weighted by atomic mass is 35.5. The molecule has 3 rings (SSSR count). The Hall–Kier alpha value is -1.50. The third-order valence-electron chi connectivity index (χ3n) is 4.68. The largest absolute Gasteiger partial charge is 0.338 e. The second-order valence-corrected chi connectivity index (χ2v) is 6.53. The summed E-state index contributed by atoms with van der Waals surface area (Å²) in [6.45, 7) is 5.96. The summed E-state index contributed by atoms with van der Waals surface area (Å²) in [5.74, 6) is -0.173. The van der Waals surface area contributed by atoms with Gasteiger partial charge in [-0.1, -0.05) is 0 Å². The van der Waals surface area contributed by atoms with Gasteiger partial charge in [-0.2, -0.15) is 0 Å². The Morgan fingerprint density at radius 3 is 2.65 bits per heavy atom. The first-order valence-corrected chi connectivity index (χ1v) is 8.38. The fourth-order valence-corrected chi connectivity index (χ4v) is 3.34. The molecule has 1 amide bonds. The van der Waals surface area contributed by atoms with E-state index in [0.29, 0.717) is 35.6 Å². The van der Waals surface area contributed by atoms with E-state index >= 15 is 0 Å². The lowest BCUT2D eigenvalue weighted by Gasteiger charge is -2.33. The Bertz CT molecular complexity index is 785. The highest BCUT2D eigenvalue weighted by Gasteiger charge is 2.26. The maximum Gasteiger partial charge on any atom is 0.256 e. The van der Waals surface area contributed by atoms with Crippen LogP contribution >= 0.6 is 24.8 Å². The smallest absolute Gasteiger partial charge is 0.256 e. The number of fused-ring (bicyclic) bond motifs is 1. The fraction of sp³-hybridized carbons (Fsp3) is 0.500. The molecule has 1 unspecified atom stereocenters. The summed E-state index contributed by atoms with van der Waals surface area (Å²) >= 11 is 0. The molecule has 5 nitrogen and oxygen atoms in total. The molecule has 8 heteroatoms. The lowest BCUT2D eigenvalue weighted by molar-refractivity contribution is 0.0675. The number of benzene rings is 1. The van der Waals surface area contributed by atoms with Gasteiger partial charge in [-0.25, -0.2) is 14.4 Å². The summed E-state index contributed by atoms with van der Waals surface area (Å²) in [6.07, 6.45) is 2.07. The van der Waals surface area contributed by atoms with E-state index in [1.54, 1.807) is 0 Å². The van der Waals surface area contributed by atoms with Crippen LogP contribution in [-0.4, -0.2) is 47.5 Å². The summed E-state index contributed by atoms with van der Waals surface area (Å²) in [7, 11) is 1.92. The quantitative estimate of drug-likeness (QED) is 0.855. The Balaban J connectivity index is 0.00000169. The number of carbonyl (C=O) groups is 1. The van der Waals surface area contributed by atoms with E-state index in [1.807, 2.05) is 25.8 Å². The molecule has 26 heavy (non-hydrogen) atoms.